The molecule has 2 atom stereocenters. The third kappa shape index (κ3) is 2.31. The standard InChI is InChI=1S/C9H12O4S/c1-12-8(9(11)13-2)7(10)6-4-3-5-14-6/h3-5,7-8,10H,1-2H3/t7-,8+/m1/s1. The molecule has 5 heteroatoms. The number of ether oxygens (including phenoxy) is 2. The lowest BCUT2D eigenvalue weighted by Gasteiger charge is -2.17. The molecule has 0 amide bonds. The molecular formula is C9H12O4S. The second kappa shape index (κ2) is 5.09. The monoisotopic (exact) mass is 216 g/mol. The van der Waals surface area contributed by atoms with Crippen LogP contribution in [0.4, 0.5) is 0 Å². The van der Waals surface area contributed by atoms with Crippen LogP contribution in [-0.4, -0.2) is 31.4 Å². The quantitative estimate of drug-likeness (QED) is 0.762. The number of aliphatic hydroxyl groups is 1. The van der Waals surface area contributed by atoms with Crippen LogP contribution in [0, 0.1) is 0 Å². The van der Waals surface area contributed by atoms with Crippen molar-refractivity contribution < 1.29 is 19.4 Å². The van der Waals surface area contributed by atoms with Gasteiger partial charge in [0.25, 0.3) is 0 Å². The van der Waals surface area contributed by atoms with Crippen molar-refractivity contribution in [3.8, 4) is 0 Å². The van der Waals surface area contributed by atoms with Gasteiger partial charge in [0.05, 0.1) is 7.11 Å². The van der Waals surface area contributed by atoms with Crippen molar-refractivity contribution in [3.63, 3.8) is 0 Å². The maximum absolute atomic E-state index is 11.2. The van der Waals surface area contributed by atoms with Gasteiger partial charge in [0.2, 0.25) is 0 Å². The Bertz CT molecular complexity index is 283. The molecule has 78 valence electrons. The summed E-state index contributed by atoms with van der Waals surface area (Å²) in [6.07, 6.45) is -1.92. The molecule has 0 bridgehead atoms. The molecular weight excluding hydrogens is 204 g/mol. The molecule has 1 N–H and O–H groups in total. The van der Waals surface area contributed by atoms with Crippen LogP contribution >= 0.6 is 11.3 Å². The molecule has 0 unspecified atom stereocenters. The molecule has 0 aliphatic carbocycles. The van der Waals surface area contributed by atoms with Crippen molar-refractivity contribution in [1.82, 2.24) is 0 Å². The van der Waals surface area contributed by atoms with Crippen LogP contribution in [0.3, 0.4) is 0 Å². The smallest absolute Gasteiger partial charge is 0.338 e. The Hall–Kier alpha value is -0.910. The number of rotatable bonds is 4. The minimum Gasteiger partial charge on any atom is -0.467 e. The zero-order chi connectivity index (χ0) is 10.6. The summed E-state index contributed by atoms with van der Waals surface area (Å²) < 4.78 is 9.37. The van der Waals surface area contributed by atoms with Crippen LogP contribution in [-0.2, 0) is 14.3 Å². The van der Waals surface area contributed by atoms with Crippen LogP contribution in [0.15, 0.2) is 17.5 Å². The first-order valence-corrected chi connectivity index (χ1v) is 4.90. The lowest BCUT2D eigenvalue weighted by molar-refractivity contribution is -0.159. The highest BCUT2D eigenvalue weighted by Gasteiger charge is 2.29. The van der Waals surface area contributed by atoms with Gasteiger partial charge in [-0.15, -0.1) is 11.3 Å². The molecule has 0 aliphatic rings. The molecule has 0 aliphatic heterocycles. The summed E-state index contributed by atoms with van der Waals surface area (Å²) in [6, 6.07) is 3.54. The predicted molar refractivity (Wildman–Crippen MR) is 52.1 cm³/mol. The maximum atomic E-state index is 11.2. The minimum absolute atomic E-state index is 0.576. The number of carbonyl (C=O) groups is 1. The molecule has 0 radical (unpaired) electrons. The first-order valence-electron chi connectivity index (χ1n) is 4.02. The number of esters is 1. The van der Waals surface area contributed by atoms with Gasteiger partial charge in [0.15, 0.2) is 6.10 Å². The van der Waals surface area contributed by atoms with E-state index in [0.29, 0.717) is 4.88 Å². The van der Waals surface area contributed by atoms with E-state index in [1.165, 1.54) is 25.6 Å². The molecule has 0 spiro atoms. The molecule has 0 aromatic carbocycles. The average Bonchev–Trinajstić information content (AvgIpc) is 2.71. The highest BCUT2D eigenvalue weighted by molar-refractivity contribution is 7.10. The van der Waals surface area contributed by atoms with E-state index in [2.05, 4.69) is 4.74 Å². The third-order valence-electron chi connectivity index (χ3n) is 1.81. The summed E-state index contributed by atoms with van der Waals surface area (Å²) in [6.45, 7) is 0. The fourth-order valence-corrected chi connectivity index (χ4v) is 1.81. The second-order valence-corrected chi connectivity index (χ2v) is 3.62. The van der Waals surface area contributed by atoms with Crippen LogP contribution < -0.4 is 0 Å². The molecule has 1 heterocycles. The van der Waals surface area contributed by atoms with Gasteiger partial charge >= 0.3 is 5.97 Å². The van der Waals surface area contributed by atoms with Crippen molar-refractivity contribution in [1.29, 1.82) is 0 Å². The van der Waals surface area contributed by atoms with E-state index in [1.807, 2.05) is 5.38 Å². The highest BCUT2D eigenvalue weighted by Crippen LogP contribution is 2.23. The summed E-state index contributed by atoms with van der Waals surface area (Å²) in [5.41, 5.74) is 0. The van der Waals surface area contributed by atoms with Crippen molar-refractivity contribution in [2.75, 3.05) is 14.2 Å². The van der Waals surface area contributed by atoms with Crippen LogP contribution in [0.5, 0.6) is 0 Å². The number of methoxy groups -OCH3 is 2. The van der Waals surface area contributed by atoms with Crippen molar-refractivity contribution in [3.05, 3.63) is 22.4 Å². The molecule has 4 nitrogen and oxygen atoms in total. The molecule has 0 fully saturated rings. The highest BCUT2D eigenvalue weighted by atomic mass is 32.1. The van der Waals surface area contributed by atoms with Gasteiger partial charge < -0.3 is 14.6 Å². The average molecular weight is 216 g/mol. The summed E-state index contributed by atoms with van der Waals surface area (Å²) in [5.74, 6) is -0.576. The Balaban J connectivity index is 2.75. The molecule has 0 saturated carbocycles. The fraction of sp³-hybridized carbons (Fsp3) is 0.444. The van der Waals surface area contributed by atoms with Gasteiger partial charge in [0.1, 0.15) is 6.10 Å². The largest absolute Gasteiger partial charge is 0.467 e. The van der Waals surface area contributed by atoms with E-state index in [1.54, 1.807) is 12.1 Å². The van der Waals surface area contributed by atoms with Crippen LogP contribution in [0.2, 0.25) is 0 Å². The van der Waals surface area contributed by atoms with Gasteiger partial charge in [0, 0.05) is 12.0 Å². The lowest BCUT2D eigenvalue weighted by Crippen LogP contribution is -2.30. The Labute approximate surface area is 86.1 Å². The number of carbonyl (C=O) groups excluding carboxylic acids is 1. The Morgan fingerprint density at radius 3 is 2.71 bits per heavy atom. The van der Waals surface area contributed by atoms with E-state index in [4.69, 9.17) is 4.74 Å². The van der Waals surface area contributed by atoms with Gasteiger partial charge in [-0.2, -0.15) is 0 Å². The van der Waals surface area contributed by atoms with Crippen molar-refractivity contribution in [2.24, 2.45) is 0 Å². The SMILES string of the molecule is COC(=O)[C@@H](OC)[C@H](O)c1cccs1. The van der Waals surface area contributed by atoms with Gasteiger partial charge in [-0.3, -0.25) is 0 Å². The van der Waals surface area contributed by atoms with Gasteiger partial charge in [-0.25, -0.2) is 4.79 Å². The van der Waals surface area contributed by atoms with E-state index in [9.17, 15) is 9.90 Å². The Morgan fingerprint density at radius 2 is 2.29 bits per heavy atom. The summed E-state index contributed by atoms with van der Waals surface area (Å²) in [5, 5.41) is 11.6. The molecule has 0 saturated heterocycles. The number of hydrogen-bond acceptors (Lipinski definition) is 5. The Morgan fingerprint density at radius 1 is 1.57 bits per heavy atom. The molecule has 1 rings (SSSR count). The number of aliphatic hydroxyl groups excluding tert-OH is 1. The second-order valence-electron chi connectivity index (χ2n) is 2.64. The number of thiophene rings is 1. The predicted octanol–water partition coefficient (Wildman–Crippen LogP) is 0.970. The molecule has 1 aromatic heterocycles. The summed E-state index contributed by atoms with van der Waals surface area (Å²) >= 11 is 1.36. The van der Waals surface area contributed by atoms with Crippen molar-refractivity contribution >= 4 is 17.3 Å². The van der Waals surface area contributed by atoms with E-state index in [-0.39, 0.29) is 0 Å². The first kappa shape index (κ1) is 11.2. The summed E-state index contributed by atoms with van der Waals surface area (Å²) in [4.78, 5) is 11.9. The van der Waals surface area contributed by atoms with Crippen LogP contribution in [0.25, 0.3) is 0 Å². The van der Waals surface area contributed by atoms with E-state index in [0.717, 1.165) is 0 Å². The topological polar surface area (TPSA) is 55.8 Å². The molecule has 14 heavy (non-hydrogen) atoms. The third-order valence-corrected chi connectivity index (χ3v) is 2.75. The zero-order valence-electron chi connectivity index (χ0n) is 7.97. The van der Waals surface area contributed by atoms with E-state index >= 15 is 0 Å². The summed E-state index contributed by atoms with van der Waals surface area (Å²) in [7, 11) is 2.62. The fourth-order valence-electron chi connectivity index (χ4n) is 1.08. The lowest BCUT2D eigenvalue weighted by atomic mass is 10.2. The van der Waals surface area contributed by atoms with Gasteiger partial charge in [-0.1, -0.05) is 6.07 Å². The minimum atomic E-state index is -0.965. The van der Waals surface area contributed by atoms with Crippen LogP contribution in [0.1, 0.15) is 11.0 Å². The van der Waals surface area contributed by atoms with Crippen molar-refractivity contribution in [2.45, 2.75) is 12.2 Å². The van der Waals surface area contributed by atoms with Gasteiger partial charge in [-0.05, 0) is 11.4 Å². The first-order chi connectivity index (χ1) is 6.70. The Kier molecular flexibility index (Phi) is 4.06. The zero-order valence-corrected chi connectivity index (χ0v) is 8.78. The van der Waals surface area contributed by atoms with E-state index < -0.39 is 18.2 Å². The normalized spacial score (nSPS) is 14.8. The molecule has 1 aromatic rings. The number of hydrogen-bond donors (Lipinski definition) is 1. The maximum Gasteiger partial charge on any atom is 0.338 e.